The zero-order valence-electron chi connectivity index (χ0n) is 18.6. The van der Waals surface area contributed by atoms with Gasteiger partial charge in [-0.3, -0.25) is 9.48 Å². The lowest BCUT2D eigenvalue weighted by Crippen LogP contribution is -2.39. The van der Waals surface area contributed by atoms with Crippen LogP contribution in [0.5, 0.6) is 0 Å². The van der Waals surface area contributed by atoms with Gasteiger partial charge in [-0.05, 0) is 73.8 Å². The summed E-state index contributed by atoms with van der Waals surface area (Å²) in [7, 11) is -1.70. The van der Waals surface area contributed by atoms with E-state index in [1.54, 1.807) is 4.31 Å². The fraction of sp³-hybridized carbons (Fsp3) is 0.583. The van der Waals surface area contributed by atoms with Crippen molar-refractivity contribution < 1.29 is 13.2 Å². The Morgan fingerprint density at radius 1 is 1.03 bits per heavy atom. The van der Waals surface area contributed by atoms with Crippen molar-refractivity contribution in [3.05, 3.63) is 40.2 Å². The van der Waals surface area contributed by atoms with Crippen molar-refractivity contribution in [1.82, 2.24) is 14.1 Å². The van der Waals surface area contributed by atoms with Gasteiger partial charge < -0.3 is 4.90 Å². The molecule has 0 unspecified atom stereocenters. The first-order chi connectivity index (χ1) is 15.4. The SMILES string of the molecule is Cn1nc(CN(C2CCCC2)S(=O)(=O)c2cc3c4c(c2)CCN4C(=O)CC3)c2c1CCC2. The van der Waals surface area contributed by atoms with Crippen molar-refractivity contribution in [3.63, 3.8) is 0 Å². The molecule has 170 valence electrons. The largest absolute Gasteiger partial charge is 0.312 e. The van der Waals surface area contributed by atoms with E-state index in [1.165, 1.54) is 11.3 Å². The second kappa shape index (κ2) is 7.42. The smallest absolute Gasteiger partial charge is 0.243 e. The van der Waals surface area contributed by atoms with Gasteiger partial charge in [0.1, 0.15) is 0 Å². The molecule has 1 saturated carbocycles. The lowest BCUT2D eigenvalue weighted by Gasteiger charge is -2.29. The summed E-state index contributed by atoms with van der Waals surface area (Å²) in [6, 6.07) is 3.70. The molecule has 0 saturated heterocycles. The van der Waals surface area contributed by atoms with Crippen molar-refractivity contribution in [3.8, 4) is 0 Å². The number of fused-ring (bicyclic) bond motifs is 1. The van der Waals surface area contributed by atoms with Gasteiger partial charge in [-0.25, -0.2) is 8.42 Å². The Morgan fingerprint density at radius 2 is 1.78 bits per heavy atom. The van der Waals surface area contributed by atoms with Gasteiger partial charge in [0.05, 0.1) is 22.8 Å². The van der Waals surface area contributed by atoms with Crippen LogP contribution in [0.1, 0.15) is 66.6 Å². The van der Waals surface area contributed by atoms with Gasteiger partial charge in [-0.1, -0.05) is 12.8 Å². The summed E-state index contributed by atoms with van der Waals surface area (Å²) in [4.78, 5) is 14.5. The van der Waals surface area contributed by atoms with E-state index in [2.05, 4.69) is 0 Å². The summed E-state index contributed by atoms with van der Waals surface area (Å²) in [5.74, 6) is 0.156. The monoisotopic (exact) mass is 454 g/mol. The Balaban J connectivity index is 1.41. The highest BCUT2D eigenvalue weighted by Gasteiger charge is 2.38. The van der Waals surface area contributed by atoms with Gasteiger partial charge in [0.25, 0.3) is 0 Å². The third-order valence-corrected chi connectivity index (χ3v) is 9.74. The molecule has 2 aliphatic heterocycles. The second-order valence-electron chi connectivity index (χ2n) is 9.72. The highest BCUT2D eigenvalue weighted by Crippen LogP contribution is 2.40. The first-order valence-corrected chi connectivity index (χ1v) is 13.4. The number of aryl methyl sites for hydroxylation is 2. The van der Waals surface area contributed by atoms with E-state index in [9.17, 15) is 13.2 Å². The van der Waals surface area contributed by atoms with Crippen LogP contribution in [0.4, 0.5) is 5.69 Å². The highest BCUT2D eigenvalue weighted by molar-refractivity contribution is 7.89. The molecule has 4 aliphatic rings. The Kier molecular flexibility index (Phi) is 4.73. The van der Waals surface area contributed by atoms with Crippen molar-refractivity contribution in [1.29, 1.82) is 0 Å². The Morgan fingerprint density at radius 3 is 2.56 bits per heavy atom. The van der Waals surface area contributed by atoms with Crippen molar-refractivity contribution >= 4 is 21.6 Å². The molecule has 1 aromatic heterocycles. The summed E-state index contributed by atoms with van der Waals surface area (Å²) in [5, 5.41) is 4.74. The zero-order chi connectivity index (χ0) is 22.0. The first-order valence-electron chi connectivity index (χ1n) is 11.9. The van der Waals surface area contributed by atoms with E-state index in [0.717, 1.165) is 73.9 Å². The Bertz CT molecular complexity index is 1210. The number of hydrogen-bond donors (Lipinski definition) is 0. The van der Waals surface area contributed by atoms with Crippen LogP contribution in [-0.4, -0.2) is 41.0 Å². The molecule has 0 bridgehead atoms. The van der Waals surface area contributed by atoms with Gasteiger partial charge >= 0.3 is 0 Å². The van der Waals surface area contributed by atoms with E-state index in [-0.39, 0.29) is 11.9 Å². The number of carbonyl (C=O) groups excluding carboxylic acids is 1. The van der Waals surface area contributed by atoms with Crippen molar-refractivity contribution in [2.45, 2.75) is 81.7 Å². The predicted octanol–water partition coefficient (Wildman–Crippen LogP) is 2.88. The van der Waals surface area contributed by atoms with Gasteiger partial charge in [-0.2, -0.15) is 9.40 Å². The lowest BCUT2D eigenvalue weighted by atomic mass is 10.00. The average Bonchev–Trinajstić information content (AvgIpc) is 3.55. The first kappa shape index (κ1) is 20.4. The molecule has 2 aromatic rings. The molecular weight excluding hydrogens is 424 g/mol. The normalized spacial score (nSPS) is 20.4. The molecule has 32 heavy (non-hydrogen) atoms. The fourth-order valence-electron chi connectivity index (χ4n) is 6.29. The summed E-state index contributed by atoms with van der Waals surface area (Å²) >= 11 is 0. The van der Waals surface area contributed by atoms with E-state index < -0.39 is 10.0 Å². The van der Waals surface area contributed by atoms with Gasteiger partial charge in [0.15, 0.2) is 0 Å². The van der Waals surface area contributed by atoms with Gasteiger partial charge in [-0.15, -0.1) is 0 Å². The van der Waals surface area contributed by atoms with Crippen LogP contribution in [0.25, 0.3) is 0 Å². The number of nitrogens with zero attached hydrogens (tertiary/aromatic N) is 4. The van der Waals surface area contributed by atoms with Gasteiger partial charge in [0.2, 0.25) is 15.9 Å². The van der Waals surface area contributed by atoms with Crippen LogP contribution in [0.2, 0.25) is 0 Å². The van der Waals surface area contributed by atoms with Crippen molar-refractivity contribution in [2.75, 3.05) is 11.4 Å². The molecule has 3 heterocycles. The minimum absolute atomic E-state index is 0.0294. The van der Waals surface area contributed by atoms with E-state index >= 15 is 0 Å². The standard InChI is InChI=1S/C24H30N4O3S/c1-26-22-8-4-7-20(22)21(25-26)15-28(18-5-2-3-6-18)32(30,31)19-13-16-9-10-23(29)27-12-11-17(14-19)24(16)27/h13-14,18H,2-12,15H2,1H3. The maximum absolute atomic E-state index is 14.1. The van der Waals surface area contributed by atoms with Crippen LogP contribution >= 0.6 is 0 Å². The maximum atomic E-state index is 14.1. The number of sulfonamides is 1. The number of hydrogen-bond acceptors (Lipinski definition) is 4. The molecule has 6 rings (SSSR count). The fourth-order valence-corrected chi connectivity index (χ4v) is 8.03. The number of benzene rings is 1. The van der Waals surface area contributed by atoms with Crippen LogP contribution in [0.3, 0.4) is 0 Å². The third kappa shape index (κ3) is 3.06. The number of aromatic nitrogens is 2. The molecule has 2 aliphatic carbocycles. The van der Waals surface area contributed by atoms with Gasteiger partial charge in [0, 0.05) is 31.7 Å². The number of rotatable bonds is 5. The minimum atomic E-state index is -3.67. The molecule has 0 N–H and O–H groups in total. The number of amides is 1. The second-order valence-corrected chi connectivity index (χ2v) is 11.6. The molecular formula is C24H30N4O3S. The molecule has 1 fully saturated rings. The summed E-state index contributed by atoms with van der Waals surface area (Å²) in [5.41, 5.74) is 6.41. The Hall–Kier alpha value is -2.19. The molecule has 1 aromatic carbocycles. The summed E-state index contributed by atoms with van der Waals surface area (Å²) in [6.45, 7) is 1.02. The molecule has 0 atom stereocenters. The quantitative estimate of drug-likeness (QED) is 0.696. The third-order valence-electron chi connectivity index (χ3n) is 7.87. The molecule has 0 radical (unpaired) electrons. The summed E-state index contributed by atoms with van der Waals surface area (Å²) in [6.07, 6.45) is 8.92. The summed E-state index contributed by atoms with van der Waals surface area (Å²) < 4.78 is 31.8. The van der Waals surface area contributed by atoms with Crippen LogP contribution < -0.4 is 4.90 Å². The predicted molar refractivity (Wildman–Crippen MR) is 121 cm³/mol. The van der Waals surface area contributed by atoms with Crippen LogP contribution in [0.15, 0.2) is 17.0 Å². The molecule has 0 spiro atoms. The van der Waals surface area contributed by atoms with E-state index in [4.69, 9.17) is 5.10 Å². The minimum Gasteiger partial charge on any atom is -0.312 e. The van der Waals surface area contributed by atoms with E-state index in [1.807, 2.05) is 28.8 Å². The zero-order valence-corrected chi connectivity index (χ0v) is 19.5. The van der Waals surface area contributed by atoms with Crippen LogP contribution in [-0.2, 0) is 54.1 Å². The Labute approximate surface area is 189 Å². The average molecular weight is 455 g/mol. The number of anilines is 1. The molecule has 1 amide bonds. The number of carbonyl (C=O) groups is 1. The van der Waals surface area contributed by atoms with Crippen LogP contribution in [0, 0.1) is 0 Å². The maximum Gasteiger partial charge on any atom is 0.243 e. The lowest BCUT2D eigenvalue weighted by molar-refractivity contribution is -0.118. The highest BCUT2D eigenvalue weighted by atomic mass is 32.2. The molecule has 7 nitrogen and oxygen atoms in total. The van der Waals surface area contributed by atoms with E-state index in [0.29, 0.717) is 30.8 Å². The van der Waals surface area contributed by atoms with Crippen molar-refractivity contribution in [2.24, 2.45) is 7.05 Å². The molecule has 8 heteroatoms. The topological polar surface area (TPSA) is 75.5 Å².